The van der Waals surface area contributed by atoms with Crippen molar-refractivity contribution in [1.29, 1.82) is 0 Å². The topological polar surface area (TPSA) is 55.4 Å². The van der Waals surface area contributed by atoms with Gasteiger partial charge in [-0.15, -0.1) is 0 Å². The molecular formula is C13H10F3NO3. The lowest BCUT2D eigenvalue weighted by Gasteiger charge is -2.26. The number of hydrogen-bond acceptors (Lipinski definition) is 3. The van der Waals surface area contributed by atoms with Crippen molar-refractivity contribution >= 4 is 17.6 Å². The fourth-order valence-corrected chi connectivity index (χ4v) is 1.91. The van der Waals surface area contributed by atoms with E-state index in [2.05, 4.69) is 11.9 Å². The lowest BCUT2D eigenvalue weighted by atomic mass is 9.92. The van der Waals surface area contributed by atoms with E-state index in [0.717, 1.165) is 6.08 Å². The van der Waals surface area contributed by atoms with Crippen molar-refractivity contribution in [1.82, 2.24) is 0 Å². The molecule has 1 amide bonds. The highest BCUT2D eigenvalue weighted by molar-refractivity contribution is 5.99. The number of ether oxygens (including phenoxy) is 1. The van der Waals surface area contributed by atoms with Gasteiger partial charge in [-0.1, -0.05) is 12.6 Å². The first-order valence-corrected chi connectivity index (χ1v) is 5.66. The molecule has 4 nitrogen and oxygen atoms in total. The van der Waals surface area contributed by atoms with Crippen molar-refractivity contribution in [3.63, 3.8) is 0 Å². The van der Waals surface area contributed by atoms with Crippen molar-refractivity contribution in [2.45, 2.75) is 18.5 Å². The molecule has 0 saturated carbocycles. The molecule has 7 heteroatoms. The van der Waals surface area contributed by atoms with Crippen molar-refractivity contribution < 1.29 is 27.5 Å². The highest BCUT2D eigenvalue weighted by atomic mass is 19.4. The first-order valence-electron chi connectivity index (χ1n) is 5.66. The van der Waals surface area contributed by atoms with E-state index in [9.17, 15) is 22.8 Å². The third kappa shape index (κ3) is 2.81. The molecule has 0 aliphatic carbocycles. The fourth-order valence-electron chi connectivity index (χ4n) is 1.91. The van der Waals surface area contributed by atoms with Crippen LogP contribution in [-0.2, 0) is 9.59 Å². The summed E-state index contributed by atoms with van der Waals surface area (Å²) in [5.74, 6) is -3.54. The summed E-state index contributed by atoms with van der Waals surface area (Å²) in [6.07, 6.45) is -4.25. The Hall–Kier alpha value is -2.31. The maximum atomic E-state index is 12.9. The second kappa shape index (κ2) is 4.99. The molecule has 1 aromatic rings. The van der Waals surface area contributed by atoms with E-state index in [1.165, 1.54) is 18.2 Å². The largest absolute Gasteiger partial charge is 0.426 e. The Bertz CT molecular complexity index is 581. The Morgan fingerprint density at radius 2 is 2.15 bits per heavy atom. The van der Waals surface area contributed by atoms with Gasteiger partial charge in [0.1, 0.15) is 5.75 Å². The molecule has 1 atom stereocenters. The van der Waals surface area contributed by atoms with Gasteiger partial charge in [-0.05, 0) is 12.1 Å². The first-order chi connectivity index (χ1) is 9.31. The molecule has 2 rings (SSSR count). The van der Waals surface area contributed by atoms with E-state index < -0.39 is 30.4 Å². The summed E-state index contributed by atoms with van der Waals surface area (Å²) < 4.78 is 43.4. The van der Waals surface area contributed by atoms with Crippen LogP contribution in [0.1, 0.15) is 17.9 Å². The fraction of sp³-hybridized carbons (Fsp3) is 0.231. The number of carbonyl (C=O) groups is 2. The molecule has 1 aliphatic heterocycles. The predicted octanol–water partition coefficient (Wildman–Crippen LogP) is 2.77. The van der Waals surface area contributed by atoms with E-state index in [1.54, 1.807) is 0 Å². The second-order valence-corrected chi connectivity index (χ2v) is 4.22. The minimum atomic E-state index is -4.53. The van der Waals surface area contributed by atoms with Gasteiger partial charge in [0.05, 0.1) is 12.3 Å². The van der Waals surface area contributed by atoms with Gasteiger partial charge in [0.25, 0.3) is 0 Å². The average molecular weight is 285 g/mol. The number of benzene rings is 1. The van der Waals surface area contributed by atoms with E-state index in [1.807, 2.05) is 0 Å². The molecule has 1 aromatic carbocycles. The van der Waals surface area contributed by atoms with Gasteiger partial charge in [-0.3, -0.25) is 9.59 Å². The monoisotopic (exact) mass is 285 g/mol. The minimum Gasteiger partial charge on any atom is -0.426 e. The molecule has 106 valence electrons. The van der Waals surface area contributed by atoms with Crippen LogP contribution >= 0.6 is 0 Å². The molecule has 20 heavy (non-hydrogen) atoms. The zero-order valence-corrected chi connectivity index (χ0v) is 10.2. The number of amides is 1. The van der Waals surface area contributed by atoms with Gasteiger partial charge in [0.15, 0.2) is 0 Å². The molecule has 0 saturated heterocycles. The normalized spacial score (nSPS) is 17.9. The first kappa shape index (κ1) is 14.1. The van der Waals surface area contributed by atoms with Crippen LogP contribution in [0, 0.1) is 0 Å². The highest BCUT2D eigenvalue weighted by Crippen LogP contribution is 2.45. The van der Waals surface area contributed by atoms with Gasteiger partial charge in [-0.2, -0.15) is 13.2 Å². The lowest BCUT2D eigenvalue weighted by molar-refractivity contribution is -0.165. The Labute approximate surface area is 112 Å². The summed E-state index contributed by atoms with van der Waals surface area (Å²) in [4.78, 5) is 22.4. The van der Waals surface area contributed by atoms with Crippen molar-refractivity contribution in [2.24, 2.45) is 0 Å². The van der Waals surface area contributed by atoms with Crippen LogP contribution in [0.5, 0.6) is 5.75 Å². The van der Waals surface area contributed by atoms with Crippen LogP contribution in [0.2, 0.25) is 0 Å². The van der Waals surface area contributed by atoms with E-state index in [4.69, 9.17) is 4.74 Å². The van der Waals surface area contributed by atoms with Gasteiger partial charge in [0.2, 0.25) is 5.91 Å². The molecule has 1 N–H and O–H groups in total. The van der Waals surface area contributed by atoms with Crippen molar-refractivity contribution in [3.8, 4) is 5.75 Å². The molecule has 1 heterocycles. The van der Waals surface area contributed by atoms with Crippen molar-refractivity contribution in [3.05, 3.63) is 36.4 Å². The molecule has 1 unspecified atom stereocenters. The summed E-state index contributed by atoms with van der Waals surface area (Å²) in [6.45, 7) is 3.25. The van der Waals surface area contributed by atoms with Crippen LogP contribution in [0.15, 0.2) is 30.9 Å². The van der Waals surface area contributed by atoms with E-state index in [-0.39, 0.29) is 17.0 Å². The van der Waals surface area contributed by atoms with Gasteiger partial charge in [-0.25, -0.2) is 0 Å². The van der Waals surface area contributed by atoms with E-state index in [0.29, 0.717) is 0 Å². The maximum Gasteiger partial charge on any atom is 0.396 e. The molecule has 0 aromatic heterocycles. The molecular weight excluding hydrogens is 275 g/mol. The van der Waals surface area contributed by atoms with Crippen LogP contribution < -0.4 is 10.1 Å². The maximum absolute atomic E-state index is 12.9. The number of nitrogens with one attached hydrogen (secondary N) is 1. The molecule has 1 aliphatic rings. The number of rotatable bonds is 2. The van der Waals surface area contributed by atoms with Gasteiger partial charge in [0, 0.05) is 17.3 Å². The number of alkyl halides is 3. The molecule has 0 radical (unpaired) electrons. The number of anilines is 1. The lowest BCUT2D eigenvalue weighted by Crippen LogP contribution is -2.30. The number of fused-ring (bicyclic) bond motifs is 1. The van der Waals surface area contributed by atoms with Crippen LogP contribution in [-0.4, -0.2) is 18.1 Å². The zero-order chi connectivity index (χ0) is 14.9. The molecule has 0 spiro atoms. The number of carbonyl (C=O) groups excluding carboxylic acids is 2. The summed E-state index contributed by atoms with van der Waals surface area (Å²) >= 11 is 0. The summed E-state index contributed by atoms with van der Waals surface area (Å²) in [6, 6.07) is 3.70. The summed E-state index contributed by atoms with van der Waals surface area (Å²) in [7, 11) is 0. The Balaban J connectivity index is 2.38. The predicted molar refractivity (Wildman–Crippen MR) is 64.3 cm³/mol. The number of halogens is 3. The van der Waals surface area contributed by atoms with Crippen LogP contribution in [0.4, 0.5) is 18.9 Å². The third-order valence-corrected chi connectivity index (χ3v) is 2.83. The Morgan fingerprint density at radius 1 is 1.45 bits per heavy atom. The number of hydrogen-bond donors (Lipinski definition) is 1. The number of esters is 1. The van der Waals surface area contributed by atoms with Crippen molar-refractivity contribution in [2.75, 3.05) is 5.32 Å². The minimum absolute atomic E-state index is 0.117. The third-order valence-electron chi connectivity index (χ3n) is 2.83. The van der Waals surface area contributed by atoms with Crippen LogP contribution in [0.3, 0.4) is 0 Å². The zero-order valence-electron chi connectivity index (χ0n) is 10.2. The second-order valence-electron chi connectivity index (χ2n) is 4.22. The van der Waals surface area contributed by atoms with Crippen LogP contribution in [0.25, 0.3) is 0 Å². The van der Waals surface area contributed by atoms with Gasteiger partial charge >= 0.3 is 12.1 Å². The average Bonchev–Trinajstić information content (AvgIpc) is 2.36. The Morgan fingerprint density at radius 3 is 2.75 bits per heavy atom. The summed E-state index contributed by atoms with van der Waals surface area (Å²) in [5.41, 5.74) is 0.109. The smallest absolute Gasteiger partial charge is 0.396 e. The quantitative estimate of drug-likeness (QED) is 0.516. The summed E-state index contributed by atoms with van der Waals surface area (Å²) in [5, 5.41) is 2.38. The molecule has 0 fully saturated rings. The molecule has 0 bridgehead atoms. The Kier molecular flexibility index (Phi) is 3.52. The highest BCUT2D eigenvalue weighted by Gasteiger charge is 2.46. The van der Waals surface area contributed by atoms with E-state index >= 15 is 0 Å². The SMILES string of the molecule is C=CC(=O)Nc1ccc2c(c1)OC(=O)CC2C(F)(F)F. The standard InChI is InChI=1S/C13H10F3NO3/c1-2-11(18)17-7-3-4-8-9(13(14,15)16)6-12(19)20-10(8)5-7/h2-5,9H,1,6H2,(H,17,18). The van der Waals surface area contributed by atoms with Gasteiger partial charge < -0.3 is 10.1 Å².